The van der Waals surface area contributed by atoms with Crippen molar-refractivity contribution in [3.8, 4) is 11.6 Å². The minimum absolute atomic E-state index is 0.255. The summed E-state index contributed by atoms with van der Waals surface area (Å²) >= 11 is 0. The van der Waals surface area contributed by atoms with Crippen molar-refractivity contribution < 1.29 is 34.6 Å². The fourth-order valence-corrected chi connectivity index (χ4v) is 4.28. The van der Waals surface area contributed by atoms with Crippen molar-refractivity contribution in [3.63, 3.8) is 0 Å². The monoisotopic (exact) mass is 498 g/mol. The van der Waals surface area contributed by atoms with Gasteiger partial charge in [0.15, 0.2) is 0 Å². The Morgan fingerprint density at radius 2 is 1.56 bits per heavy atom. The Labute approximate surface area is 210 Å². The SMILES string of the molecule is CCc1ccc(Cc2c(OC3O[C@H](CO)[C@@H](O)[C@H](O)[C@H]3O)nn(Cc3ccc(OC)cc3)c2C)cc1. The number of benzene rings is 2. The van der Waals surface area contributed by atoms with Crippen LogP contribution in [0.15, 0.2) is 48.5 Å². The summed E-state index contributed by atoms with van der Waals surface area (Å²) < 4.78 is 18.6. The normalized spacial score (nSPS) is 24.0. The van der Waals surface area contributed by atoms with Crippen molar-refractivity contribution in [2.75, 3.05) is 13.7 Å². The number of aromatic nitrogens is 2. The van der Waals surface area contributed by atoms with Crippen LogP contribution in [0.5, 0.6) is 11.6 Å². The van der Waals surface area contributed by atoms with Crippen LogP contribution in [0.2, 0.25) is 0 Å². The molecular formula is C27H34N2O7. The summed E-state index contributed by atoms with van der Waals surface area (Å²) in [5, 5.41) is 45.0. The van der Waals surface area contributed by atoms with Crippen LogP contribution in [0.4, 0.5) is 0 Å². The third kappa shape index (κ3) is 5.55. The van der Waals surface area contributed by atoms with Crippen molar-refractivity contribution in [3.05, 3.63) is 76.5 Å². The van der Waals surface area contributed by atoms with E-state index in [0.29, 0.717) is 13.0 Å². The van der Waals surface area contributed by atoms with E-state index >= 15 is 0 Å². The number of hydrogen-bond acceptors (Lipinski definition) is 8. The second-order valence-corrected chi connectivity index (χ2v) is 9.04. The first kappa shape index (κ1) is 26.1. The molecule has 0 spiro atoms. The molecule has 1 fully saturated rings. The van der Waals surface area contributed by atoms with Crippen LogP contribution >= 0.6 is 0 Å². The molecule has 1 aliphatic rings. The zero-order chi connectivity index (χ0) is 25.8. The second kappa shape index (κ2) is 11.4. The number of ether oxygens (including phenoxy) is 3. The summed E-state index contributed by atoms with van der Waals surface area (Å²) in [5.74, 6) is 1.02. The van der Waals surface area contributed by atoms with Gasteiger partial charge in [0.2, 0.25) is 12.2 Å². The van der Waals surface area contributed by atoms with Gasteiger partial charge in [-0.2, -0.15) is 0 Å². The Kier molecular flexibility index (Phi) is 8.28. The molecule has 0 radical (unpaired) electrons. The highest BCUT2D eigenvalue weighted by molar-refractivity contribution is 5.38. The first-order valence-corrected chi connectivity index (χ1v) is 12.1. The Balaban J connectivity index is 1.65. The molecule has 4 rings (SSSR count). The fraction of sp³-hybridized carbons (Fsp3) is 0.444. The van der Waals surface area contributed by atoms with Crippen LogP contribution in [-0.2, 0) is 24.1 Å². The van der Waals surface area contributed by atoms with E-state index in [9.17, 15) is 20.4 Å². The highest BCUT2D eigenvalue weighted by atomic mass is 16.7. The Hall–Kier alpha value is -2.95. The molecule has 1 saturated heterocycles. The number of aliphatic hydroxyl groups is 4. The lowest BCUT2D eigenvalue weighted by Crippen LogP contribution is -2.60. The summed E-state index contributed by atoms with van der Waals surface area (Å²) in [6, 6.07) is 16.0. The van der Waals surface area contributed by atoms with Crippen LogP contribution in [0.1, 0.15) is 34.9 Å². The number of nitrogens with zero attached hydrogens (tertiary/aromatic N) is 2. The molecule has 3 aromatic rings. The highest BCUT2D eigenvalue weighted by Crippen LogP contribution is 2.30. The van der Waals surface area contributed by atoms with Crippen LogP contribution in [0, 0.1) is 6.92 Å². The standard InChI is InChI=1S/C27H34N2O7/c1-4-17-5-7-18(8-6-17)13-21-16(2)29(14-19-9-11-20(34-3)12-10-19)28-26(21)36-27-25(33)24(32)23(31)22(15-30)35-27/h5-12,22-25,27,30-33H,4,13-15H2,1-3H3/t22-,23-,24+,25-,27?/m1/s1. The molecule has 2 heterocycles. The Morgan fingerprint density at radius 1 is 0.917 bits per heavy atom. The number of aryl methyl sites for hydroxylation is 1. The smallest absolute Gasteiger partial charge is 0.239 e. The van der Waals surface area contributed by atoms with Crippen molar-refractivity contribution in [1.82, 2.24) is 9.78 Å². The molecule has 9 nitrogen and oxygen atoms in total. The second-order valence-electron chi connectivity index (χ2n) is 9.04. The first-order chi connectivity index (χ1) is 17.3. The van der Waals surface area contributed by atoms with Gasteiger partial charge in [-0.1, -0.05) is 43.3 Å². The zero-order valence-corrected chi connectivity index (χ0v) is 20.7. The van der Waals surface area contributed by atoms with E-state index < -0.39 is 37.3 Å². The van der Waals surface area contributed by atoms with Gasteiger partial charge in [-0.3, -0.25) is 4.68 Å². The topological polar surface area (TPSA) is 126 Å². The molecule has 194 valence electrons. The van der Waals surface area contributed by atoms with E-state index in [1.54, 1.807) is 7.11 Å². The average molecular weight is 499 g/mol. The molecule has 1 aliphatic heterocycles. The summed E-state index contributed by atoms with van der Waals surface area (Å²) in [5.41, 5.74) is 5.01. The fourth-order valence-electron chi connectivity index (χ4n) is 4.28. The van der Waals surface area contributed by atoms with Gasteiger partial charge in [0.25, 0.3) is 0 Å². The maximum atomic E-state index is 10.5. The third-order valence-corrected chi connectivity index (χ3v) is 6.67. The number of hydrogen-bond donors (Lipinski definition) is 4. The predicted molar refractivity (Wildman–Crippen MR) is 132 cm³/mol. The molecule has 1 unspecified atom stereocenters. The summed E-state index contributed by atoms with van der Waals surface area (Å²) in [7, 11) is 1.62. The maximum Gasteiger partial charge on any atom is 0.239 e. The van der Waals surface area contributed by atoms with E-state index in [1.807, 2.05) is 35.9 Å². The molecule has 0 bridgehead atoms. The largest absolute Gasteiger partial charge is 0.497 e. The van der Waals surface area contributed by atoms with E-state index in [0.717, 1.165) is 34.6 Å². The molecule has 0 amide bonds. The van der Waals surface area contributed by atoms with Gasteiger partial charge in [0.1, 0.15) is 30.2 Å². The van der Waals surface area contributed by atoms with Gasteiger partial charge < -0.3 is 34.6 Å². The lowest BCUT2D eigenvalue weighted by Gasteiger charge is -2.39. The van der Waals surface area contributed by atoms with Gasteiger partial charge in [-0.15, -0.1) is 5.10 Å². The van der Waals surface area contributed by atoms with Crippen molar-refractivity contribution >= 4 is 0 Å². The minimum Gasteiger partial charge on any atom is -0.497 e. The lowest BCUT2D eigenvalue weighted by atomic mass is 9.99. The quantitative estimate of drug-likeness (QED) is 0.350. The van der Waals surface area contributed by atoms with Gasteiger partial charge in [-0.05, 0) is 42.2 Å². The van der Waals surface area contributed by atoms with Gasteiger partial charge in [-0.25, -0.2) is 0 Å². The molecule has 1 aromatic heterocycles. The van der Waals surface area contributed by atoms with Crippen molar-refractivity contribution in [1.29, 1.82) is 0 Å². The van der Waals surface area contributed by atoms with E-state index in [4.69, 9.17) is 14.2 Å². The zero-order valence-electron chi connectivity index (χ0n) is 20.7. The van der Waals surface area contributed by atoms with E-state index in [2.05, 4.69) is 36.3 Å². The molecule has 5 atom stereocenters. The van der Waals surface area contributed by atoms with Gasteiger partial charge >= 0.3 is 0 Å². The average Bonchev–Trinajstić information content (AvgIpc) is 3.18. The van der Waals surface area contributed by atoms with Crippen LogP contribution in [0.25, 0.3) is 0 Å². The molecule has 0 aliphatic carbocycles. The Morgan fingerprint density at radius 3 is 2.17 bits per heavy atom. The minimum atomic E-state index is -1.53. The summed E-state index contributed by atoms with van der Waals surface area (Å²) in [6.07, 6.45) is -5.42. The van der Waals surface area contributed by atoms with E-state index in [1.165, 1.54) is 5.56 Å². The van der Waals surface area contributed by atoms with Gasteiger partial charge in [0, 0.05) is 17.7 Å². The summed E-state index contributed by atoms with van der Waals surface area (Å²) in [4.78, 5) is 0. The molecule has 2 aromatic carbocycles. The molecular weight excluding hydrogens is 464 g/mol. The Bertz CT molecular complexity index is 1130. The number of methoxy groups -OCH3 is 1. The molecule has 36 heavy (non-hydrogen) atoms. The lowest BCUT2D eigenvalue weighted by molar-refractivity contribution is -0.278. The van der Waals surface area contributed by atoms with Crippen LogP contribution in [-0.4, -0.2) is 74.6 Å². The predicted octanol–water partition coefficient (Wildman–Crippen LogP) is 1.58. The molecule has 0 saturated carbocycles. The molecule has 4 N–H and O–H groups in total. The number of rotatable bonds is 9. The van der Waals surface area contributed by atoms with Crippen molar-refractivity contribution in [2.24, 2.45) is 0 Å². The van der Waals surface area contributed by atoms with E-state index in [-0.39, 0.29) is 5.88 Å². The van der Waals surface area contributed by atoms with Crippen LogP contribution < -0.4 is 9.47 Å². The molecule has 9 heteroatoms. The first-order valence-electron chi connectivity index (χ1n) is 12.1. The van der Waals surface area contributed by atoms with Crippen LogP contribution in [0.3, 0.4) is 0 Å². The maximum absolute atomic E-state index is 10.5. The van der Waals surface area contributed by atoms with Gasteiger partial charge in [0.05, 0.1) is 20.3 Å². The summed E-state index contributed by atoms with van der Waals surface area (Å²) in [6.45, 7) is 4.00. The number of aliphatic hydroxyl groups excluding tert-OH is 4. The third-order valence-electron chi connectivity index (χ3n) is 6.67. The van der Waals surface area contributed by atoms with Crippen molar-refractivity contribution in [2.45, 2.75) is 63.9 Å². The highest BCUT2D eigenvalue weighted by Gasteiger charge is 2.45.